The number of hydrogen-bond acceptors (Lipinski definition) is 5. The Hall–Kier alpha value is -3.45. The quantitative estimate of drug-likeness (QED) is 0.507. The number of carbonyl (C=O) groups excluding carboxylic acids is 1. The van der Waals surface area contributed by atoms with Crippen LogP contribution in [0.25, 0.3) is 11.1 Å². The summed E-state index contributed by atoms with van der Waals surface area (Å²) in [5.41, 5.74) is 3.17. The van der Waals surface area contributed by atoms with Gasteiger partial charge in [0.25, 0.3) is 0 Å². The molecule has 7 nitrogen and oxygen atoms in total. The fourth-order valence-electron chi connectivity index (χ4n) is 3.58. The number of unbranched alkanes of at least 4 members (excludes halogenated alkanes) is 1. The van der Waals surface area contributed by atoms with Crippen LogP contribution < -0.4 is 0 Å². The number of carboxylic acids is 1. The molecular weight excluding hydrogens is 396 g/mol. The van der Waals surface area contributed by atoms with E-state index in [0.29, 0.717) is 24.2 Å². The van der Waals surface area contributed by atoms with Gasteiger partial charge in [-0.3, -0.25) is 0 Å². The third-order valence-electron chi connectivity index (χ3n) is 5.16. The third kappa shape index (κ3) is 4.83. The van der Waals surface area contributed by atoms with Crippen molar-refractivity contribution in [2.24, 2.45) is 0 Å². The Balaban J connectivity index is 1.96. The number of nitrogens with zero attached hydrogens (tertiary/aromatic N) is 2. The van der Waals surface area contributed by atoms with Gasteiger partial charge in [-0.25, -0.2) is 14.6 Å². The molecule has 162 valence electrons. The first kappa shape index (κ1) is 22.2. The number of aromatic carboxylic acids is 1. The Morgan fingerprint density at radius 1 is 1.10 bits per heavy atom. The van der Waals surface area contributed by atoms with Gasteiger partial charge in [0.15, 0.2) is 5.69 Å². The summed E-state index contributed by atoms with van der Waals surface area (Å²) < 4.78 is 6.72. The van der Waals surface area contributed by atoms with Crippen LogP contribution in [0.15, 0.2) is 48.5 Å². The zero-order valence-corrected chi connectivity index (χ0v) is 17.7. The molecule has 1 heterocycles. The molecule has 0 radical (unpaired) electrons. The molecule has 31 heavy (non-hydrogen) atoms. The maximum Gasteiger partial charge on any atom is 0.356 e. The Bertz CT molecular complexity index is 1070. The summed E-state index contributed by atoms with van der Waals surface area (Å²) in [7, 11) is 1.31. The third-order valence-corrected chi connectivity index (χ3v) is 5.16. The second-order valence-electron chi connectivity index (χ2n) is 7.21. The minimum Gasteiger partial charge on any atom is -0.478 e. The summed E-state index contributed by atoms with van der Waals surface area (Å²) in [6, 6.07) is 14.4. The van der Waals surface area contributed by atoms with Gasteiger partial charge in [0.2, 0.25) is 0 Å². The molecule has 0 bridgehead atoms. The number of benzene rings is 2. The average Bonchev–Trinajstić information content (AvgIpc) is 3.14. The highest BCUT2D eigenvalue weighted by Crippen LogP contribution is 2.25. The van der Waals surface area contributed by atoms with Crippen LogP contribution in [0, 0.1) is 0 Å². The van der Waals surface area contributed by atoms with E-state index in [2.05, 4.69) is 11.9 Å². The standard InChI is InChI=1S/C24H26N2O5/c1-3-4-9-21-25-20(15-27)22(24(30)31-2)26(21)14-16-10-12-17(13-11-16)18-7-5-6-8-19(18)23(28)29/h5-8,10-13,27H,3-4,9,14-15H2,1-2H3,(H,28,29). The molecular formula is C24H26N2O5. The first-order chi connectivity index (χ1) is 15.0. The summed E-state index contributed by atoms with van der Waals surface area (Å²) in [6.45, 7) is 2.12. The summed E-state index contributed by atoms with van der Waals surface area (Å²) in [4.78, 5) is 28.4. The average molecular weight is 422 g/mol. The summed E-state index contributed by atoms with van der Waals surface area (Å²) in [5, 5.41) is 19.1. The van der Waals surface area contributed by atoms with Gasteiger partial charge in [0.05, 0.1) is 25.0 Å². The zero-order valence-electron chi connectivity index (χ0n) is 17.7. The number of methoxy groups -OCH3 is 1. The highest BCUT2D eigenvalue weighted by atomic mass is 16.5. The van der Waals surface area contributed by atoms with Gasteiger partial charge in [-0.1, -0.05) is 55.8 Å². The van der Waals surface area contributed by atoms with Gasteiger partial charge in [0, 0.05) is 13.0 Å². The van der Waals surface area contributed by atoms with Crippen molar-refractivity contribution in [2.45, 2.75) is 39.3 Å². The number of carbonyl (C=O) groups is 2. The van der Waals surface area contributed by atoms with Crippen molar-refractivity contribution in [1.82, 2.24) is 9.55 Å². The maximum absolute atomic E-state index is 12.4. The van der Waals surface area contributed by atoms with Crippen LogP contribution >= 0.6 is 0 Å². The number of ether oxygens (including phenoxy) is 1. The minimum atomic E-state index is -0.974. The molecule has 1 aromatic heterocycles. The maximum atomic E-state index is 12.4. The molecule has 0 spiro atoms. The molecule has 0 atom stereocenters. The van der Waals surface area contributed by atoms with Crippen LogP contribution in [0.5, 0.6) is 0 Å². The number of hydrogen-bond donors (Lipinski definition) is 2. The molecule has 0 saturated carbocycles. The fourth-order valence-corrected chi connectivity index (χ4v) is 3.58. The lowest BCUT2D eigenvalue weighted by molar-refractivity contribution is 0.0583. The summed E-state index contributed by atoms with van der Waals surface area (Å²) >= 11 is 0. The number of imidazole rings is 1. The highest BCUT2D eigenvalue weighted by molar-refractivity contribution is 5.96. The van der Waals surface area contributed by atoms with Crippen molar-refractivity contribution in [3.63, 3.8) is 0 Å². The molecule has 2 N–H and O–H groups in total. The van der Waals surface area contributed by atoms with Crippen molar-refractivity contribution in [2.75, 3.05) is 7.11 Å². The van der Waals surface area contributed by atoms with Gasteiger partial charge in [-0.05, 0) is 29.2 Å². The second kappa shape index (κ2) is 10.0. The molecule has 0 saturated heterocycles. The number of carboxylic acid groups (broad SMARTS) is 1. The lowest BCUT2D eigenvalue weighted by atomic mass is 9.98. The van der Waals surface area contributed by atoms with E-state index in [-0.39, 0.29) is 17.9 Å². The number of aryl methyl sites for hydroxylation is 1. The van der Waals surface area contributed by atoms with Crippen molar-refractivity contribution in [1.29, 1.82) is 0 Å². The topological polar surface area (TPSA) is 102 Å². The number of esters is 1. The molecule has 0 fully saturated rings. The van der Waals surface area contributed by atoms with Crippen LogP contribution in [0.2, 0.25) is 0 Å². The molecule has 0 amide bonds. The summed E-state index contributed by atoms with van der Waals surface area (Å²) in [6.07, 6.45) is 2.57. The predicted octanol–water partition coefficient (Wildman–Crippen LogP) is 3.92. The SMILES string of the molecule is CCCCc1nc(CO)c(C(=O)OC)n1Cc1ccc(-c2ccccc2C(=O)O)cc1. The Labute approximate surface area is 180 Å². The normalized spacial score (nSPS) is 10.8. The molecule has 0 aliphatic rings. The lowest BCUT2D eigenvalue weighted by Crippen LogP contribution is -2.15. The largest absolute Gasteiger partial charge is 0.478 e. The van der Waals surface area contributed by atoms with E-state index in [9.17, 15) is 19.8 Å². The Morgan fingerprint density at radius 2 is 1.81 bits per heavy atom. The van der Waals surface area contributed by atoms with Crippen molar-refractivity contribution < 1.29 is 24.5 Å². The van der Waals surface area contributed by atoms with E-state index in [1.54, 1.807) is 28.8 Å². The summed E-state index contributed by atoms with van der Waals surface area (Å²) in [5.74, 6) is -0.782. The number of aliphatic hydroxyl groups excluding tert-OH is 1. The van der Waals surface area contributed by atoms with Gasteiger partial charge in [-0.15, -0.1) is 0 Å². The van der Waals surface area contributed by atoms with Crippen molar-refractivity contribution in [3.8, 4) is 11.1 Å². The van der Waals surface area contributed by atoms with Gasteiger partial charge in [-0.2, -0.15) is 0 Å². The van der Waals surface area contributed by atoms with E-state index in [1.165, 1.54) is 7.11 Å². The fraction of sp³-hybridized carbons (Fsp3) is 0.292. The Morgan fingerprint density at radius 3 is 2.42 bits per heavy atom. The molecule has 0 unspecified atom stereocenters. The first-order valence-electron chi connectivity index (χ1n) is 10.2. The van der Waals surface area contributed by atoms with Gasteiger partial charge < -0.3 is 19.5 Å². The molecule has 7 heteroatoms. The van der Waals surface area contributed by atoms with E-state index >= 15 is 0 Å². The number of aliphatic hydroxyl groups is 1. The number of rotatable bonds is 9. The van der Waals surface area contributed by atoms with Crippen LogP contribution in [-0.2, 0) is 24.3 Å². The smallest absolute Gasteiger partial charge is 0.356 e. The second-order valence-corrected chi connectivity index (χ2v) is 7.21. The molecule has 3 aromatic rings. The van der Waals surface area contributed by atoms with E-state index in [4.69, 9.17) is 4.74 Å². The number of aromatic nitrogens is 2. The first-order valence-corrected chi connectivity index (χ1v) is 10.2. The lowest BCUT2D eigenvalue weighted by Gasteiger charge is -2.13. The monoisotopic (exact) mass is 422 g/mol. The van der Waals surface area contributed by atoms with E-state index < -0.39 is 11.9 Å². The molecule has 2 aromatic carbocycles. The molecule has 0 aliphatic carbocycles. The van der Waals surface area contributed by atoms with Crippen LogP contribution in [0.1, 0.15) is 57.7 Å². The van der Waals surface area contributed by atoms with Crippen LogP contribution in [0.4, 0.5) is 0 Å². The highest BCUT2D eigenvalue weighted by Gasteiger charge is 2.23. The Kier molecular flexibility index (Phi) is 7.20. The van der Waals surface area contributed by atoms with Crippen LogP contribution in [-0.4, -0.2) is 38.8 Å². The minimum absolute atomic E-state index is 0.243. The van der Waals surface area contributed by atoms with Gasteiger partial charge >= 0.3 is 11.9 Å². The van der Waals surface area contributed by atoms with Crippen molar-refractivity contribution in [3.05, 3.63) is 76.9 Å². The predicted molar refractivity (Wildman–Crippen MR) is 116 cm³/mol. The zero-order chi connectivity index (χ0) is 22.4. The van der Waals surface area contributed by atoms with Gasteiger partial charge in [0.1, 0.15) is 5.82 Å². The van der Waals surface area contributed by atoms with E-state index in [0.717, 1.165) is 29.8 Å². The molecule has 0 aliphatic heterocycles. The molecule has 3 rings (SSSR count). The van der Waals surface area contributed by atoms with Crippen molar-refractivity contribution >= 4 is 11.9 Å². The van der Waals surface area contributed by atoms with Crippen LogP contribution in [0.3, 0.4) is 0 Å². The van der Waals surface area contributed by atoms with E-state index in [1.807, 2.05) is 24.3 Å².